The fraction of sp³-hybridized carbons (Fsp3) is 0.429. The molecule has 0 spiro atoms. The Labute approximate surface area is 116 Å². The van der Waals surface area contributed by atoms with Crippen LogP contribution in [0.3, 0.4) is 0 Å². The number of halogens is 1. The van der Waals surface area contributed by atoms with E-state index in [2.05, 4.69) is 16.0 Å². The van der Waals surface area contributed by atoms with Crippen molar-refractivity contribution in [3.63, 3.8) is 0 Å². The molecule has 6 heteroatoms. The van der Waals surface area contributed by atoms with Crippen LogP contribution in [0.15, 0.2) is 24.3 Å². The fourth-order valence-electron chi connectivity index (χ4n) is 2.17. The van der Waals surface area contributed by atoms with Gasteiger partial charge >= 0.3 is 6.03 Å². The minimum atomic E-state index is -0.566. The van der Waals surface area contributed by atoms with Gasteiger partial charge in [0.1, 0.15) is 11.9 Å². The van der Waals surface area contributed by atoms with E-state index in [0.29, 0.717) is 0 Å². The van der Waals surface area contributed by atoms with E-state index in [1.54, 1.807) is 12.1 Å². The predicted molar refractivity (Wildman–Crippen MR) is 72.4 cm³/mol. The highest BCUT2D eigenvalue weighted by Crippen LogP contribution is 2.22. The number of hydrogen-bond donors (Lipinski definition) is 3. The van der Waals surface area contributed by atoms with E-state index in [-0.39, 0.29) is 36.3 Å². The summed E-state index contributed by atoms with van der Waals surface area (Å²) in [5.74, 6) is -0.407. The summed E-state index contributed by atoms with van der Waals surface area (Å²) in [6.45, 7) is 4.22. The molecule has 5 nitrogen and oxygen atoms in total. The SMILES string of the molecule is CC(C)[C@@H](NC(=O)[C@@H]1CNC(=O)N1)c1ccc(F)cc1. The van der Waals surface area contributed by atoms with Crippen LogP contribution in [0.1, 0.15) is 25.5 Å². The lowest BCUT2D eigenvalue weighted by atomic mass is 9.95. The molecule has 0 aromatic heterocycles. The standard InChI is InChI=1S/C14H18FN3O2/c1-8(2)12(9-3-5-10(15)6-4-9)18-13(19)11-7-16-14(20)17-11/h3-6,8,11-12H,7H2,1-2H3,(H,18,19)(H2,16,17,20)/t11-,12+/m0/s1. The molecule has 3 N–H and O–H groups in total. The number of carbonyl (C=O) groups is 2. The Morgan fingerprint density at radius 2 is 2.00 bits per heavy atom. The van der Waals surface area contributed by atoms with Gasteiger partial charge in [-0.1, -0.05) is 26.0 Å². The monoisotopic (exact) mass is 279 g/mol. The second-order valence-electron chi connectivity index (χ2n) is 5.19. The van der Waals surface area contributed by atoms with E-state index in [9.17, 15) is 14.0 Å². The van der Waals surface area contributed by atoms with E-state index < -0.39 is 6.04 Å². The first-order valence-electron chi connectivity index (χ1n) is 6.57. The molecule has 3 amide bonds. The van der Waals surface area contributed by atoms with Crippen molar-refractivity contribution in [3.8, 4) is 0 Å². The van der Waals surface area contributed by atoms with Crippen LogP contribution in [0, 0.1) is 11.7 Å². The first-order chi connectivity index (χ1) is 9.47. The zero-order chi connectivity index (χ0) is 14.7. The van der Waals surface area contributed by atoms with Crippen LogP contribution in [0.5, 0.6) is 0 Å². The molecule has 0 aliphatic carbocycles. The minimum absolute atomic E-state index is 0.148. The smallest absolute Gasteiger partial charge is 0.315 e. The molecule has 20 heavy (non-hydrogen) atoms. The topological polar surface area (TPSA) is 70.2 Å². The lowest BCUT2D eigenvalue weighted by molar-refractivity contribution is -0.123. The van der Waals surface area contributed by atoms with Crippen molar-refractivity contribution >= 4 is 11.9 Å². The summed E-state index contributed by atoms with van der Waals surface area (Å²) >= 11 is 0. The third-order valence-corrected chi connectivity index (χ3v) is 3.28. The highest BCUT2D eigenvalue weighted by molar-refractivity contribution is 5.90. The summed E-state index contributed by atoms with van der Waals surface area (Å²) < 4.78 is 13.0. The molecular formula is C14H18FN3O2. The van der Waals surface area contributed by atoms with E-state index in [0.717, 1.165) is 5.56 Å². The molecule has 0 radical (unpaired) electrons. The normalized spacial score (nSPS) is 19.4. The maximum absolute atomic E-state index is 13.0. The second-order valence-corrected chi connectivity index (χ2v) is 5.19. The molecule has 1 fully saturated rings. The van der Waals surface area contributed by atoms with Gasteiger partial charge < -0.3 is 16.0 Å². The molecule has 1 saturated heterocycles. The zero-order valence-corrected chi connectivity index (χ0v) is 11.4. The third kappa shape index (κ3) is 3.26. The van der Waals surface area contributed by atoms with Crippen LogP contribution in [0.4, 0.5) is 9.18 Å². The molecule has 1 aliphatic rings. The Balaban J connectivity index is 2.08. The van der Waals surface area contributed by atoms with Crippen molar-refractivity contribution in [3.05, 3.63) is 35.6 Å². The van der Waals surface area contributed by atoms with Crippen LogP contribution in [-0.2, 0) is 4.79 Å². The first-order valence-corrected chi connectivity index (χ1v) is 6.57. The summed E-state index contributed by atoms with van der Waals surface area (Å²) in [4.78, 5) is 23.1. The molecule has 108 valence electrons. The van der Waals surface area contributed by atoms with Gasteiger partial charge in [0.05, 0.1) is 6.04 Å². The molecular weight excluding hydrogens is 261 g/mol. The minimum Gasteiger partial charge on any atom is -0.347 e. The largest absolute Gasteiger partial charge is 0.347 e. The summed E-state index contributed by atoms with van der Waals surface area (Å²) in [5.41, 5.74) is 0.840. The second kappa shape index (κ2) is 5.90. The van der Waals surface area contributed by atoms with E-state index >= 15 is 0 Å². The average molecular weight is 279 g/mol. The summed E-state index contributed by atoms with van der Waals surface area (Å²) in [6, 6.07) is 4.93. The third-order valence-electron chi connectivity index (χ3n) is 3.28. The number of hydrogen-bond acceptors (Lipinski definition) is 2. The van der Waals surface area contributed by atoms with E-state index in [4.69, 9.17) is 0 Å². The van der Waals surface area contributed by atoms with Crippen molar-refractivity contribution in [1.29, 1.82) is 0 Å². The van der Waals surface area contributed by atoms with Crippen LogP contribution < -0.4 is 16.0 Å². The lowest BCUT2D eigenvalue weighted by Crippen LogP contribution is -2.45. The van der Waals surface area contributed by atoms with Gasteiger partial charge in [0.15, 0.2) is 0 Å². The van der Waals surface area contributed by atoms with Crippen molar-refractivity contribution < 1.29 is 14.0 Å². The van der Waals surface area contributed by atoms with Crippen LogP contribution in [-0.4, -0.2) is 24.5 Å². The van der Waals surface area contributed by atoms with Crippen LogP contribution >= 0.6 is 0 Å². The lowest BCUT2D eigenvalue weighted by Gasteiger charge is -2.24. The molecule has 0 unspecified atom stereocenters. The van der Waals surface area contributed by atoms with Crippen molar-refractivity contribution in [2.24, 2.45) is 5.92 Å². The van der Waals surface area contributed by atoms with Gasteiger partial charge in [0, 0.05) is 6.54 Å². The number of carbonyl (C=O) groups excluding carboxylic acids is 2. The Kier molecular flexibility index (Phi) is 4.22. The number of nitrogens with one attached hydrogen (secondary N) is 3. The molecule has 1 aromatic carbocycles. The Bertz CT molecular complexity index is 502. The number of benzene rings is 1. The quantitative estimate of drug-likeness (QED) is 0.778. The van der Waals surface area contributed by atoms with Gasteiger partial charge in [-0.05, 0) is 23.6 Å². The highest BCUT2D eigenvalue weighted by Gasteiger charge is 2.29. The first kappa shape index (κ1) is 14.3. The number of rotatable bonds is 4. The fourth-order valence-corrected chi connectivity index (χ4v) is 2.17. The van der Waals surface area contributed by atoms with Crippen molar-refractivity contribution in [2.75, 3.05) is 6.54 Å². The van der Waals surface area contributed by atoms with E-state index in [1.807, 2.05) is 13.8 Å². The van der Waals surface area contributed by atoms with E-state index in [1.165, 1.54) is 12.1 Å². The Morgan fingerprint density at radius 1 is 1.35 bits per heavy atom. The number of amides is 3. The summed E-state index contributed by atoms with van der Waals surface area (Å²) in [5, 5.41) is 7.97. The van der Waals surface area contributed by atoms with Gasteiger partial charge in [-0.2, -0.15) is 0 Å². The molecule has 0 bridgehead atoms. The van der Waals surface area contributed by atoms with Crippen LogP contribution in [0.25, 0.3) is 0 Å². The number of urea groups is 1. The van der Waals surface area contributed by atoms with Crippen molar-refractivity contribution in [1.82, 2.24) is 16.0 Å². The molecule has 2 atom stereocenters. The van der Waals surface area contributed by atoms with Gasteiger partial charge in [-0.3, -0.25) is 4.79 Å². The maximum Gasteiger partial charge on any atom is 0.315 e. The zero-order valence-electron chi connectivity index (χ0n) is 11.4. The summed E-state index contributed by atoms with van der Waals surface area (Å²) in [6.07, 6.45) is 0. The molecule has 1 aliphatic heterocycles. The van der Waals surface area contributed by atoms with Crippen LogP contribution in [0.2, 0.25) is 0 Å². The maximum atomic E-state index is 13.0. The van der Waals surface area contributed by atoms with Gasteiger partial charge in [0.2, 0.25) is 5.91 Å². The molecule has 0 saturated carbocycles. The van der Waals surface area contributed by atoms with Gasteiger partial charge in [-0.25, -0.2) is 9.18 Å². The van der Waals surface area contributed by atoms with Gasteiger partial charge in [-0.15, -0.1) is 0 Å². The highest BCUT2D eigenvalue weighted by atomic mass is 19.1. The molecule has 1 heterocycles. The molecule has 2 rings (SSSR count). The van der Waals surface area contributed by atoms with Crippen molar-refractivity contribution in [2.45, 2.75) is 25.9 Å². The van der Waals surface area contributed by atoms with Gasteiger partial charge in [0.25, 0.3) is 0 Å². The Morgan fingerprint density at radius 3 is 2.50 bits per heavy atom. The predicted octanol–water partition coefficient (Wildman–Crippen LogP) is 1.32. The summed E-state index contributed by atoms with van der Waals surface area (Å²) in [7, 11) is 0. The average Bonchev–Trinajstić information content (AvgIpc) is 2.83. The molecule has 1 aromatic rings. The Hall–Kier alpha value is -2.11.